The van der Waals surface area contributed by atoms with Crippen LogP contribution in [0.25, 0.3) is 16.9 Å². The Balaban J connectivity index is 1.50. The van der Waals surface area contributed by atoms with Gasteiger partial charge in [-0.25, -0.2) is 4.68 Å². The molecule has 0 amide bonds. The fourth-order valence-corrected chi connectivity index (χ4v) is 4.49. The van der Waals surface area contributed by atoms with E-state index >= 15 is 0 Å². The summed E-state index contributed by atoms with van der Waals surface area (Å²) in [6.07, 6.45) is 6.68. The molecule has 2 aliphatic carbocycles. The Morgan fingerprint density at radius 1 is 1.33 bits per heavy atom. The van der Waals surface area contributed by atoms with Crippen LogP contribution in [0.5, 0.6) is 0 Å². The summed E-state index contributed by atoms with van der Waals surface area (Å²) in [6, 6.07) is 7.38. The number of nitrogens with zero attached hydrogens (tertiary/aromatic N) is 5. The summed E-state index contributed by atoms with van der Waals surface area (Å²) in [7, 11) is 1.64. The summed E-state index contributed by atoms with van der Waals surface area (Å²) in [5.74, 6) is -2.63. The Morgan fingerprint density at radius 2 is 2.06 bits per heavy atom. The van der Waals surface area contributed by atoms with E-state index < -0.39 is 11.3 Å². The van der Waals surface area contributed by atoms with Gasteiger partial charge in [-0.15, -0.1) is 0 Å². The van der Waals surface area contributed by atoms with Crippen molar-refractivity contribution in [3.63, 3.8) is 0 Å². The average Bonchev–Trinajstić information content (AvgIpc) is 3.67. The van der Waals surface area contributed by atoms with E-state index in [4.69, 9.17) is 11.6 Å². The average molecular weight is 470 g/mol. The number of hydrogen-bond acceptors (Lipinski definition) is 4. The van der Waals surface area contributed by atoms with Gasteiger partial charge in [0.2, 0.25) is 0 Å². The maximum Gasteiger partial charge on any atom is 0.289 e. The summed E-state index contributed by atoms with van der Waals surface area (Å²) >= 11 is 6.29. The van der Waals surface area contributed by atoms with Gasteiger partial charge in [0.1, 0.15) is 5.69 Å². The molecule has 2 aromatic heterocycles. The second-order valence-electron chi connectivity index (χ2n) is 9.23. The van der Waals surface area contributed by atoms with E-state index in [1.54, 1.807) is 42.3 Å². The largest absolute Gasteiger partial charge is 0.294 e. The number of aryl methyl sites for hydroxylation is 1. The van der Waals surface area contributed by atoms with Crippen molar-refractivity contribution in [2.24, 2.45) is 12.5 Å². The monoisotopic (exact) mass is 469 g/mol. The molecule has 2 saturated carbocycles. The number of carbonyl (C=O) groups is 1. The Bertz CT molecular complexity index is 1310. The molecule has 0 saturated heterocycles. The van der Waals surface area contributed by atoms with Crippen molar-refractivity contribution < 1.29 is 13.6 Å². The molecule has 2 aliphatic rings. The quantitative estimate of drug-likeness (QED) is 0.410. The highest BCUT2D eigenvalue weighted by molar-refractivity contribution is 6.34. The number of benzene rings is 1. The third-order valence-electron chi connectivity index (χ3n) is 6.44. The zero-order chi connectivity index (χ0) is 23.5. The van der Waals surface area contributed by atoms with E-state index in [2.05, 4.69) is 16.3 Å². The van der Waals surface area contributed by atoms with Crippen LogP contribution >= 0.6 is 11.6 Å². The van der Waals surface area contributed by atoms with E-state index in [0.717, 1.165) is 43.7 Å². The van der Waals surface area contributed by atoms with Crippen LogP contribution in [0, 0.1) is 16.7 Å². The molecule has 0 spiro atoms. The summed E-state index contributed by atoms with van der Waals surface area (Å²) in [4.78, 5) is 12.8. The molecule has 0 N–H and O–H groups in total. The number of rotatable bonds is 7. The van der Waals surface area contributed by atoms with Crippen LogP contribution in [-0.4, -0.2) is 25.3 Å². The maximum absolute atomic E-state index is 14.2. The first-order valence-corrected chi connectivity index (χ1v) is 11.2. The van der Waals surface area contributed by atoms with Gasteiger partial charge in [-0.05, 0) is 49.3 Å². The van der Waals surface area contributed by atoms with Crippen molar-refractivity contribution in [3.8, 4) is 23.0 Å². The molecule has 0 radical (unpaired) electrons. The van der Waals surface area contributed by atoms with Crippen LogP contribution in [0.4, 0.5) is 8.78 Å². The lowest BCUT2D eigenvalue weighted by atomic mass is 9.95. The first kappa shape index (κ1) is 21.8. The van der Waals surface area contributed by atoms with Gasteiger partial charge in [-0.1, -0.05) is 17.7 Å². The molecular weight excluding hydrogens is 448 g/mol. The summed E-state index contributed by atoms with van der Waals surface area (Å²) in [5.41, 5.74) is 1.60. The Kier molecular flexibility index (Phi) is 4.94. The minimum atomic E-state index is -3.04. The molecule has 0 unspecified atom stereocenters. The second kappa shape index (κ2) is 7.49. The van der Waals surface area contributed by atoms with E-state index in [9.17, 15) is 18.8 Å². The molecule has 2 heterocycles. The number of Topliss-reactive ketones (excluding diaryl/α,β-unsaturated/α-hetero) is 1. The number of halogens is 3. The Morgan fingerprint density at radius 3 is 2.67 bits per heavy atom. The molecule has 1 aromatic carbocycles. The van der Waals surface area contributed by atoms with E-state index in [1.165, 1.54) is 4.68 Å². The van der Waals surface area contributed by atoms with Gasteiger partial charge in [0.25, 0.3) is 5.92 Å². The van der Waals surface area contributed by atoms with Crippen LogP contribution in [0.2, 0.25) is 5.02 Å². The number of nitriles is 1. The van der Waals surface area contributed by atoms with E-state index in [0.29, 0.717) is 22.0 Å². The fourth-order valence-electron chi connectivity index (χ4n) is 4.26. The normalized spacial score (nSPS) is 17.1. The summed E-state index contributed by atoms with van der Waals surface area (Å²) in [6.45, 7) is 0.865. The van der Waals surface area contributed by atoms with Crippen LogP contribution in [-0.2, 0) is 13.0 Å². The van der Waals surface area contributed by atoms with Crippen molar-refractivity contribution in [3.05, 3.63) is 52.4 Å². The van der Waals surface area contributed by atoms with Gasteiger partial charge < -0.3 is 0 Å². The number of aromatic nitrogens is 4. The van der Waals surface area contributed by atoms with Gasteiger partial charge in [0.15, 0.2) is 11.6 Å². The van der Waals surface area contributed by atoms with Crippen LogP contribution in [0.15, 0.2) is 30.6 Å². The van der Waals surface area contributed by atoms with Gasteiger partial charge in [-0.3, -0.25) is 9.48 Å². The molecule has 3 aromatic rings. The molecule has 6 nitrogen and oxygen atoms in total. The highest BCUT2D eigenvalue weighted by Gasteiger charge is 2.45. The number of ketones is 1. The first-order valence-electron chi connectivity index (χ1n) is 10.9. The predicted octanol–water partition coefficient (Wildman–Crippen LogP) is 5.79. The second-order valence-corrected chi connectivity index (χ2v) is 9.64. The topological polar surface area (TPSA) is 76.5 Å². The summed E-state index contributed by atoms with van der Waals surface area (Å²) < 4.78 is 31.5. The number of carbonyl (C=O) groups excluding carboxylic acids is 1. The summed E-state index contributed by atoms with van der Waals surface area (Å²) in [5, 5.41) is 18.2. The van der Waals surface area contributed by atoms with E-state index in [-0.39, 0.29) is 23.8 Å². The highest BCUT2D eigenvalue weighted by atomic mass is 35.5. The number of alkyl halides is 2. The Hall–Kier alpha value is -3.05. The fraction of sp³-hybridized carbons (Fsp3) is 0.417. The lowest BCUT2D eigenvalue weighted by Gasteiger charge is -2.10. The maximum atomic E-state index is 14.2. The minimum Gasteiger partial charge on any atom is -0.294 e. The van der Waals surface area contributed by atoms with Crippen molar-refractivity contribution in [1.29, 1.82) is 5.26 Å². The molecule has 5 rings (SSSR count). The van der Waals surface area contributed by atoms with Crippen molar-refractivity contribution in [2.45, 2.75) is 50.9 Å². The zero-order valence-corrected chi connectivity index (χ0v) is 19.0. The van der Waals surface area contributed by atoms with Gasteiger partial charge in [0, 0.05) is 43.3 Å². The van der Waals surface area contributed by atoms with Gasteiger partial charge in [0.05, 0.1) is 22.7 Å². The lowest BCUT2D eigenvalue weighted by Crippen LogP contribution is -2.11. The minimum absolute atomic E-state index is 0.0526. The van der Waals surface area contributed by atoms with E-state index in [1.807, 2.05) is 0 Å². The highest BCUT2D eigenvalue weighted by Crippen LogP contribution is 2.49. The van der Waals surface area contributed by atoms with Crippen LogP contribution < -0.4 is 0 Å². The molecule has 170 valence electrons. The van der Waals surface area contributed by atoms with Gasteiger partial charge >= 0.3 is 0 Å². The number of hydrogen-bond donors (Lipinski definition) is 0. The Labute approximate surface area is 194 Å². The zero-order valence-electron chi connectivity index (χ0n) is 18.3. The molecule has 9 heteroatoms. The van der Waals surface area contributed by atoms with Crippen molar-refractivity contribution in [2.75, 3.05) is 0 Å². The SMILES string of the molecule is Cn1nc(C(C)(F)F)c(C2CC2)c1-n1cc(-c2ccc(Cl)c(C(=O)CC3(C#N)CC3)c2)cn1. The van der Waals surface area contributed by atoms with Gasteiger partial charge in [-0.2, -0.15) is 24.2 Å². The standard InChI is InChI=1S/C24H22ClF2N5O/c1-23(26,27)21-20(14-3-4-14)22(31(2)30-21)32-12-16(11-29-32)15-5-6-18(25)17(9-15)19(33)10-24(13-28)7-8-24/h5-6,9,11-12,14H,3-4,7-8,10H2,1-2H3. The molecule has 33 heavy (non-hydrogen) atoms. The molecule has 0 atom stereocenters. The molecule has 2 fully saturated rings. The van der Waals surface area contributed by atoms with Crippen molar-refractivity contribution >= 4 is 17.4 Å². The third kappa shape index (κ3) is 3.95. The lowest BCUT2D eigenvalue weighted by molar-refractivity contribution is 0.0113. The molecular formula is C24H22ClF2N5O. The molecule has 0 aliphatic heterocycles. The predicted molar refractivity (Wildman–Crippen MR) is 119 cm³/mol. The third-order valence-corrected chi connectivity index (χ3v) is 6.77. The molecule has 0 bridgehead atoms. The van der Waals surface area contributed by atoms with Crippen molar-refractivity contribution in [1.82, 2.24) is 19.6 Å². The van der Waals surface area contributed by atoms with Crippen LogP contribution in [0.1, 0.15) is 66.6 Å². The van der Waals surface area contributed by atoms with Crippen LogP contribution in [0.3, 0.4) is 0 Å². The first-order chi connectivity index (χ1) is 15.6. The smallest absolute Gasteiger partial charge is 0.289 e.